The van der Waals surface area contributed by atoms with Gasteiger partial charge in [-0.25, -0.2) is 54.3 Å². The zero-order valence-corrected chi connectivity index (χ0v) is 72.9. The van der Waals surface area contributed by atoms with E-state index in [9.17, 15) is 74.7 Å². The van der Waals surface area contributed by atoms with E-state index < -0.39 is 198 Å². The third kappa shape index (κ3) is 19.3. The Balaban J connectivity index is 0.000000192. The van der Waals surface area contributed by atoms with Gasteiger partial charge < -0.3 is 9.13 Å². The molecule has 670 valence electrons. The lowest BCUT2D eigenvalue weighted by Crippen LogP contribution is -2.24. The van der Waals surface area contributed by atoms with Gasteiger partial charge in [0.2, 0.25) is 0 Å². The molecular formula is C87H78Cl3F15N14O6S2. The number of hydrogen-bond donors (Lipinski definition) is 0. The highest BCUT2D eigenvalue weighted by molar-refractivity contribution is 7.90. The van der Waals surface area contributed by atoms with Crippen molar-refractivity contribution in [2.45, 2.75) is 164 Å². The summed E-state index contributed by atoms with van der Waals surface area (Å²) < 4.78 is 276. The van der Waals surface area contributed by atoms with Crippen molar-refractivity contribution in [2.75, 3.05) is 19.7 Å². The number of nitrogens with zero attached hydrogens (tertiary/aromatic N) is 14. The molecule has 127 heavy (non-hydrogen) atoms. The molecule has 0 spiro atoms. The number of carbonyl (C=O) groups excluding carboxylic acids is 2. The molecule has 8 aromatic heterocycles. The fourth-order valence-electron chi connectivity index (χ4n) is 17.2. The van der Waals surface area contributed by atoms with Gasteiger partial charge >= 0.3 is 12.4 Å². The van der Waals surface area contributed by atoms with Crippen LogP contribution in [-0.2, 0) is 116 Å². The van der Waals surface area contributed by atoms with Crippen LogP contribution in [0.1, 0.15) is 164 Å². The van der Waals surface area contributed by atoms with Crippen LogP contribution in [0, 0.1) is 73.1 Å². The number of hydrogen-bond acceptors (Lipinski definition) is 14. The largest absolute Gasteiger partial charge is 0.435 e. The summed E-state index contributed by atoms with van der Waals surface area (Å²) in [6.07, 6.45) is 2.53. The van der Waals surface area contributed by atoms with Gasteiger partial charge in [0.15, 0.2) is 42.6 Å². The zero-order chi connectivity index (χ0) is 93.7. The maximum atomic E-state index is 15.5. The van der Waals surface area contributed by atoms with Crippen LogP contribution in [0.2, 0.25) is 15.2 Å². The Labute approximate surface area is 734 Å². The molecule has 0 radical (unpaired) electrons. The summed E-state index contributed by atoms with van der Waals surface area (Å²) in [5, 5.41) is 16.8. The Morgan fingerprint density at radius 3 is 1.32 bits per heavy atom. The molecule has 20 nitrogen and oxygen atoms in total. The van der Waals surface area contributed by atoms with Crippen LogP contribution in [0.4, 0.5) is 65.9 Å². The number of ketones is 2. The summed E-state index contributed by atoms with van der Waals surface area (Å²) in [6, 6.07) is 18.0. The molecule has 6 atom stereocenters. The third-order valence-electron chi connectivity index (χ3n) is 22.5. The Kier molecular flexibility index (Phi) is 25.2. The van der Waals surface area contributed by atoms with E-state index in [0.29, 0.717) is 71.4 Å². The quantitative estimate of drug-likeness (QED) is 0.0349. The van der Waals surface area contributed by atoms with Crippen LogP contribution in [0.15, 0.2) is 110 Å². The van der Waals surface area contributed by atoms with Gasteiger partial charge in [-0.15, -0.1) is 6.42 Å². The van der Waals surface area contributed by atoms with E-state index in [1.165, 1.54) is 27.6 Å². The minimum atomic E-state index is -5.06. The Hall–Kier alpha value is -10.9. The van der Waals surface area contributed by atoms with Crippen molar-refractivity contribution in [1.29, 1.82) is 0 Å². The van der Waals surface area contributed by atoms with E-state index >= 15 is 17.6 Å². The van der Waals surface area contributed by atoms with Gasteiger partial charge in [-0.3, -0.25) is 32.7 Å². The first-order valence-electron chi connectivity index (χ1n) is 39.6. The van der Waals surface area contributed by atoms with Crippen molar-refractivity contribution in [1.82, 2.24) is 68.2 Å². The molecule has 4 aliphatic carbocycles. The highest BCUT2D eigenvalue weighted by atomic mass is 35.5. The van der Waals surface area contributed by atoms with Gasteiger partial charge in [0, 0.05) is 144 Å². The highest BCUT2D eigenvalue weighted by Crippen LogP contribution is 2.70. The molecule has 0 unspecified atom stereocenters. The molecule has 2 saturated carbocycles. The highest BCUT2D eigenvalue weighted by Gasteiger charge is 2.70. The Morgan fingerprint density at radius 2 is 0.953 bits per heavy atom. The second-order valence-electron chi connectivity index (χ2n) is 32.8. The molecule has 0 saturated heterocycles. The lowest BCUT2D eigenvalue weighted by atomic mass is 9.86. The number of pyridine rings is 2. The maximum Gasteiger partial charge on any atom is 0.435 e. The number of fused-ring (bicyclic) bond motifs is 8. The summed E-state index contributed by atoms with van der Waals surface area (Å²) >= 11 is 19.6. The molecule has 8 heterocycles. The maximum absolute atomic E-state index is 15.5. The SMILES string of the molecule is C#CC(C)(C)n1ccnc1C.Cc1nccn1C(C)(C)C#Cc1ccc(-c2ccc(Cl)c3c(CS(C)(=O)=O)nn(C)c23)c([C@@H](CC(=O)Cn2nc(C(F)(F)F)c3c2C(F)(F)[C@@H]2C[C@H]32)Cc2cc(F)cc(F)c2)n1.Cn1nc(CS(C)(=O)=O)c2c(Cl)ccc(-c3ccc(Cl)nc3[C@@H](CC(=O)Cn3nc(C(F)(F)F)c4c3C(F)(F)[C@@H]3C[C@H]43)Cc3cc(F)cc(F)c3)c21.[2H]CF. The first kappa shape index (κ1) is 92.3. The van der Waals surface area contributed by atoms with Gasteiger partial charge in [-0.1, -0.05) is 58.8 Å². The molecule has 0 aliphatic heterocycles. The fraction of sp³-hybridized carbons (Fsp3) is 0.379. The second kappa shape index (κ2) is 34.6. The monoisotopic (exact) mass is 1870 g/mol. The summed E-state index contributed by atoms with van der Waals surface area (Å²) in [5.74, 6) is -9.73. The van der Waals surface area contributed by atoms with Gasteiger partial charge in [-0.2, -0.15) is 64.3 Å². The smallest absolute Gasteiger partial charge is 0.319 e. The molecule has 2 fully saturated rings. The number of halogens is 18. The molecule has 0 amide bonds. The van der Waals surface area contributed by atoms with Crippen LogP contribution in [0.3, 0.4) is 0 Å². The first-order valence-corrected chi connectivity index (χ1v) is 44.1. The van der Waals surface area contributed by atoms with Crippen molar-refractivity contribution in [3.05, 3.63) is 233 Å². The number of aromatic nitrogens is 14. The lowest BCUT2D eigenvalue weighted by molar-refractivity contribution is -0.143. The van der Waals surface area contributed by atoms with Gasteiger partial charge in [0.05, 0.1) is 63.9 Å². The zero-order valence-electron chi connectivity index (χ0n) is 70.0. The van der Waals surface area contributed by atoms with Crippen molar-refractivity contribution in [3.8, 4) is 46.4 Å². The van der Waals surface area contributed by atoms with Crippen LogP contribution < -0.4 is 0 Å². The summed E-state index contributed by atoms with van der Waals surface area (Å²) in [5.41, 5.74) is -3.84. The summed E-state index contributed by atoms with van der Waals surface area (Å²) in [7, 11) is -5.01. The lowest BCUT2D eigenvalue weighted by Gasteiger charge is -2.22. The van der Waals surface area contributed by atoms with Crippen molar-refractivity contribution in [3.63, 3.8) is 0 Å². The van der Waals surface area contributed by atoms with Crippen LogP contribution in [-0.4, -0.2) is 116 Å². The predicted octanol–water partition coefficient (Wildman–Crippen LogP) is 19.1. The van der Waals surface area contributed by atoms with Crippen molar-refractivity contribution >= 4 is 87.8 Å². The van der Waals surface area contributed by atoms with E-state index in [2.05, 4.69) is 53.1 Å². The van der Waals surface area contributed by atoms with E-state index in [0.717, 1.165) is 42.6 Å². The fourth-order valence-corrected chi connectivity index (χ4v) is 19.2. The number of Topliss-reactive ketones (excluding diaryl/α,β-unsaturated/α-hetero) is 2. The average molecular weight is 1870 g/mol. The minimum Gasteiger partial charge on any atom is -0.319 e. The standard InChI is InChI=1S/C43H37ClF7N7O3S.C34H26Cl2F7N5O3S.C9H12N2.CH3F/c1-22-52-12-13-57(22)41(2,3)11-10-27-6-7-29(30-8-9-33(44)36-34(21-62(5,60)61)54-56(4)38(30)36)37(53-27)24(14-23-15-25(45)18-26(46)16-23)17-28(59)20-58-40-35(39(55-58)43(49,50)51)31-19-32(31)42(40,47)48;1-47-30-21(3-5-24(35)28(30)25(45-47)14-52(2,50)51)20-4-6-26(36)44-29(20)16(7-15-8-17(37)11-18(38)9-15)10-19(49)13-48-32-27(31(46-48)34(41,42)43)22-12-23(22)33(32,39)40;1-5-9(3,4)11-7-6-10-8(11)2;1-2/h6-9,12-13,15-16,18,24,31-32H,14,17,19-21H2,1-5H3;3-6,8-9,11,16,22-23H,7,10,12-14H2,1-2H3;1,6-7H,2-4H3;1H3/t24-,31+,32-;16-,22+,23-;;/m11../s1/i;;;1D. The number of terminal acetylenes is 1. The van der Waals surface area contributed by atoms with Gasteiger partial charge in [0.25, 0.3) is 11.8 Å². The number of alkyl halides is 11. The van der Waals surface area contributed by atoms with E-state index in [4.69, 9.17) is 47.6 Å². The topological polar surface area (TPSA) is 235 Å². The van der Waals surface area contributed by atoms with Crippen LogP contribution in [0.25, 0.3) is 44.1 Å². The van der Waals surface area contributed by atoms with E-state index in [1.54, 1.807) is 63.0 Å². The molecular weight excluding hydrogens is 1790 g/mol. The van der Waals surface area contributed by atoms with Gasteiger partial charge in [0.1, 0.15) is 81.3 Å². The van der Waals surface area contributed by atoms with Crippen molar-refractivity contribution in [2.24, 2.45) is 25.9 Å². The van der Waals surface area contributed by atoms with Crippen molar-refractivity contribution < 1.29 is 93.7 Å². The average Bonchev–Trinajstić information content (AvgIpc) is 1.52. The molecule has 4 aromatic carbocycles. The molecule has 16 rings (SSSR count). The van der Waals surface area contributed by atoms with E-state index in [-0.39, 0.29) is 86.0 Å². The van der Waals surface area contributed by atoms with Crippen LogP contribution in [0.5, 0.6) is 0 Å². The normalized spacial score (nSPS) is 17.2. The predicted molar refractivity (Wildman–Crippen MR) is 444 cm³/mol. The molecule has 12 aromatic rings. The van der Waals surface area contributed by atoms with Gasteiger partial charge in [-0.05, 0) is 157 Å². The van der Waals surface area contributed by atoms with E-state index in [1.807, 2.05) is 56.9 Å². The first-order chi connectivity index (χ1) is 59.6. The minimum absolute atomic E-state index is 0.0480. The number of rotatable bonds is 22. The number of benzene rings is 4. The third-order valence-corrected chi connectivity index (χ3v) is 24.9. The van der Waals surface area contributed by atoms with Crippen LogP contribution >= 0.6 is 34.8 Å². The summed E-state index contributed by atoms with van der Waals surface area (Å²) in [4.78, 5) is 45.8. The Bertz CT molecular complexity index is 6740. The molecule has 0 N–H and O–H groups in total. The summed E-state index contributed by atoms with van der Waals surface area (Å²) in [6.45, 7) is 9.53. The number of imidazole rings is 2. The number of aryl methyl sites for hydroxylation is 4. The number of sulfone groups is 2. The molecule has 4 aliphatic rings. The molecule has 0 bridgehead atoms. The molecule has 40 heteroatoms. The number of carbonyl (C=O) groups is 2. The Morgan fingerprint density at radius 1 is 0.575 bits per heavy atom. The second-order valence-corrected chi connectivity index (χ2v) is 38.3.